The van der Waals surface area contributed by atoms with E-state index >= 15 is 0 Å². The van der Waals surface area contributed by atoms with Crippen LogP contribution in [0.2, 0.25) is 0 Å². The Morgan fingerprint density at radius 2 is 2.44 bits per heavy atom. The van der Waals surface area contributed by atoms with E-state index in [1.54, 1.807) is 18.7 Å². The molecular weight excluding hydrogens is 228 g/mol. The Morgan fingerprint density at radius 1 is 1.69 bits per heavy atom. The second kappa shape index (κ2) is 6.44. The molecular formula is C8H16N6OS. The molecule has 90 valence electrons. The van der Waals surface area contributed by atoms with Crippen LogP contribution in [0, 0.1) is 0 Å². The van der Waals surface area contributed by atoms with Gasteiger partial charge in [0.15, 0.2) is 5.82 Å². The van der Waals surface area contributed by atoms with Gasteiger partial charge in [-0.05, 0) is 25.4 Å². The van der Waals surface area contributed by atoms with Gasteiger partial charge in [0.2, 0.25) is 5.91 Å². The topological polar surface area (TPSA) is 110 Å². The number of hydrogen-bond donors (Lipinski definition) is 3. The summed E-state index contributed by atoms with van der Waals surface area (Å²) in [5, 5.41) is 16.1. The number of nitrogens with zero attached hydrogens (tertiary/aromatic N) is 3. The van der Waals surface area contributed by atoms with Gasteiger partial charge in [0.05, 0.1) is 12.1 Å². The molecule has 0 saturated carbocycles. The average molecular weight is 244 g/mol. The van der Waals surface area contributed by atoms with E-state index in [1.807, 2.05) is 6.26 Å². The first-order chi connectivity index (χ1) is 7.65. The van der Waals surface area contributed by atoms with E-state index in [2.05, 4.69) is 25.9 Å². The maximum absolute atomic E-state index is 11.6. The molecule has 0 fully saturated rings. The molecule has 0 aliphatic rings. The van der Waals surface area contributed by atoms with E-state index in [-0.39, 0.29) is 11.9 Å². The molecule has 1 heterocycles. The Kier molecular flexibility index (Phi) is 5.20. The van der Waals surface area contributed by atoms with E-state index in [0.717, 1.165) is 5.75 Å². The van der Waals surface area contributed by atoms with Gasteiger partial charge in [-0.15, -0.1) is 10.2 Å². The summed E-state index contributed by atoms with van der Waals surface area (Å²) in [4.78, 5) is 11.6. The highest BCUT2D eigenvalue weighted by Crippen LogP contribution is 2.05. The van der Waals surface area contributed by atoms with Crippen molar-refractivity contribution in [3.63, 3.8) is 0 Å². The minimum atomic E-state index is -0.484. The number of aromatic amines is 1. The zero-order valence-corrected chi connectivity index (χ0v) is 10.1. The standard InChI is InChI=1S/C8H16N6OS/c1-5(7-11-13-14-12-7)10-8(15)6(9)3-4-16-2/h5-6H,3-4,9H2,1-2H3,(H,10,15)(H,11,12,13,14)/t5?,6-/m1/s1. The summed E-state index contributed by atoms with van der Waals surface area (Å²) in [6.45, 7) is 1.78. The van der Waals surface area contributed by atoms with Gasteiger partial charge in [-0.1, -0.05) is 5.21 Å². The van der Waals surface area contributed by atoms with Crippen LogP contribution in [0.3, 0.4) is 0 Å². The molecule has 0 radical (unpaired) electrons. The van der Waals surface area contributed by atoms with Crippen molar-refractivity contribution in [2.24, 2.45) is 5.73 Å². The summed E-state index contributed by atoms with van der Waals surface area (Å²) in [7, 11) is 0. The van der Waals surface area contributed by atoms with Crippen molar-refractivity contribution in [2.75, 3.05) is 12.0 Å². The third-order valence-electron chi connectivity index (χ3n) is 2.08. The van der Waals surface area contributed by atoms with Crippen LogP contribution < -0.4 is 11.1 Å². The van der Waals surface area contributed by atoms with Crippen LogP contribution in [0.4, 0.5) is 0 Å². The van der Waals surface area contributed by atoms with Gasteiger partial charge in [-0.25, -0.2) is 0 Å². The highest BCUT2D eigenvalue weighted by Gasteiger charge is 2.18. The number of nitrogens with two attached hydrogens (primary N) is 1. The maximum atomic E-state index is 11.6. The normalized spacial score (nSPS) is 14.4. The van der Waals surface area contributed by atoms with Gasteiger partial charge >= 0.3 is 0 Å². The number of aromatic nitrogens is 4. The van der Waals surface area contributed by atoms with Gasteiger partial charge in [0.1, 0.15) is 0 Å². The number of rotatable bonds is 6. The van der Waals surface area contributed by atoms with E-state index in [4.69, 9.17) is 5.73 Å². The summed E-state index contributed by atoms with van der Waals surface area (Å²) in [6.07, 6.45) is 2.64. The minimum Gasteiger partial charge on any atom is -0.345 e. The van der Waals surface area contributed by atoms with Crippen LogP contribution in [0.15, 0.2) is 0 Å². The second-order valence-electron chi connectivity index (χ2n) is 3.39. The highest BCUT2D eigenvalue weighted by atomic mass is 32.2. The van der Waals surface area contributed by atoms with Gasteiger partial charge in [-0.2, -0.15) is 17.0 Å². The van der Waals surface area contributed by atoms with Crippen molar-refractivity contribution < 1.29 is 4.79 Å². The summed E-state index contributed by atoms with van der Waals surface area (Å²) in [5.74, 6) is 1.13. The number of thioether (sulfide) groups is 1. The van der Waals surface area contributed by atoms with Crippen LogP contribution in [0.25, 0.3) is 0 Å². The monoisotopic (exact) mass is 244 g/mol. The smallest absolute Gasteiger partial charge is 0.237 e. The zero-order chi connectivity index (χ0) is 12.0. The lowest BCUT2D eigenvalue weighted by Gasteiger charge is -2.14. The molecule has 8 heteroatoms. The molecule has 2 atom stereocenters. The van der Waals surface area contributed by atoms with Crippen LogP contribution in [-0.4, -0.2) is 44.6 Å². The number of amides is 1. The van der Waals surface area contributed by atoms with Gasteiger partial charge in [0.25, 0.3) is 0 Å². The van der Waals surface area contributed by atoms with Crippen LogP contribution in [0.1, 0.15) is 25.2 Å². The number of nitrogens with one attached hydrogen (secondary N) is 2. The first-order valence-corrected chi connectivity index (χ1v) is 6.32. The molecule has 1 amide bonds. The number of H-pyrrole nitrogens is 1. The van der Waals surface area contributed by atoms with Crippen molar-refractivity contribution in [3.05, 3.63) is 5.82 Å². The molecule has 16 heavy (non-hydrogen) atoms. The van der Waals surface area contributed by atoms with Crippen LogP contribution in [-0.2, 0) is 4.79 Å². The van der Waals surface area contributed by atoms with Crippen molar-refractivity contribution in [3.8, 4) is 0 Å². The van der Waals surface area contributed by atoms with Crippen molar-refractivity contribution in [1.29, 1.82) is 0 Å². The van der Waals surface area contributed by atoms with Crippen LogP contribution >= 0.6 is 11.8 Å². The molecule has 4 N–H and O–H groups in total. The predicted octanol–water partition coefficient (Wildman–Crippen LogP) is -0.543. The summed E-state index contributed by atoms with van der Waals surface area (Å²) >= 11 is 1.66. The largest absolute Gasteiger partial charge is 0.345 e. The molecule has 0 saturated heterocycles. The first-order valence-electron chi connectivity index (χ1n) is 4.93. The molecule has 0 aliphatic heterocycles. The number of carbonyl (C=O) groups is 1. The Balaban J connectivity index is 2.39. The summed E-state index contributed by atoms with van der Waals surface area (Å²) in [5.41, 5.74) is 5.72. The number of tetrazole rings is 1. The molecule has 0 bridgehead atoms. The Labute approximate surface area is 97.9 Å². The second-order valence-corrected chi connectivity index (χ2v) is 4.37. The van der Waals surface area contributed by atoms with Crippen LogP contribution in [0.5, 0.6) is 0 Å². The SMILES string of the molecule is CSCC[C@@H](N)C(=O)NC(C)c1nn[nH]n1. The van der Waals surface area contributed by atoms with Crippen molar-refractivity contribution >= 4 is 17.7 Å². The minimum absolute atomic E-state index is 0.189. The molecule has 1 aromatic rings. The Morgan fingerprint density at radius 3 is 3.00 bits per heavy atom. The fraction of sp³-hybridized carbons (Fsp3) is 0.750. The number of hydrogen-bond acceptors (Lipinski definition) is 6. The van der Waals surface area contributed by atoms with Gasteiger partial charge in [0, 0.05) is 0 Å². The Hall–Kier alpha value is -1.15. The molecule has 1 unspecified atom stereocenters. The van der Waals surface area contributed by atoms with Crippen molar-refractivity contribution in [2.45, 2.75) is 25.4 Å². The van der Waals surface area contributed by atoms with E-state index < -0.39 is 6.04 Å². The average Bonchev–Trinajstić information content (AvgIpc) is 2.79. The Bertz CT molecular complexity index is 316. The van der Waals surface area contributed by atoms with Gasteiger partial charge in [-0.3, -0.25) is 4.79 Å². The third kappa shape index (κ3) is 3.78. The lowest BCUT2D eigenvalue weighted by Crippen LogP contribution is -2.42. The maximum Gasteiger partial charge on any atom is 0.237 e. The quantitative estimate of drug-likeness (QED) is 0.620. The fourth-order valence-corrected chi connectivity index (χ4v) is 1.60. The summed E-state index contributed by atoms with van der Waals surface area (Å²) in [6, 6.07) is -0.770. The van der Waals surface area contributed by atoms with E-state index in [9.17, 15) is 4.79 Å². The van der Waals surface area contributed by atoms with Gasteiger partial charge < -0.3 is 11.1 Å². The first kappa shape index (κ1) is 12.9. The highest BCUT2D eigenvalue weighted by molar-refractivity contribution is 7.98. The zero-order valence-electron chi connectivity index (χ0n) is 9.30. The molecule has 0 spiro atoms. The molecule has 1 rings (SSSR count). The molecule has 0 aromatic carbocycles. The van der Waals surface area contributed by atoms with E-state index in [1.165, 1.54) is 0 Å². The third-order valence-corrected chi connectivity index (χ3v) is 2.72. The molecule has 7 nitrogen and oxygen atoms in total. The fourth-order valence-electron chi connectivity index (χ4n) is 1.11. The molecule has 0 aliphatic carbocycles. The predicted molar refractivity (Wildman–Crippen MR) is 61.7 cm³/mol. The van der Waals surface area contributed by atoms with Crippen molar-refractivity contribution in [1.82, 2.24) is 25.9 Å². The lowest BCUT2D eigenvalue weighted by molar-refractivity contribution is -0.123. The molecule has 1 aromatic heterocycles. The number of carbonyl (C=O) groups excluding carboxylic acids is 1. The lowest BCUT2D eigenvalue weighted by atomic mass is 10.2. The van der Waals surface area contributed by atoms with E-state index in [0.29, 0.717) is 12.2 Å². The summed E-state index contributed by atoms with van der Waals surface area (Å²) < 4.78 is 0.